The number of esters is 2. The van der Waals surface area contributed by atoms with Gasteiger partial charge in [-0.3, -0.25) is 14.4 Å². The minimum atomic E-state index is -1.45. The van der Waals surface area contributed by atoms with E-state index in [0.717, 1.165) is 27.8 Å². The average molecular weight is 834 g/mol. The van der Waals surface area contributed by atoms with Crippen molar-refractivity contribution in [1.82, 2.24) is 16.0 Å². The smallest absolute Gasteiger partial charge is 0.407 e. The first-order valence-electron chi connectivity index (χ1n) is 21.0. The average Bonchev–Trinajstić information content (AvgIpc) is 3.55. The summed E-state index contributed by atoms with van der Waals surface area (Å²) in [6.45, 7) is 9.51. The maximum Gasteiger partial charge on any atom is 0.407 e. The summed E-state index contributed by atoms with van der Waals surface area (Å²) in [6.07, 6.45) is -2.52. The molecule has 324 valence electrons. The van der Waals surface area contributed by atoms with E-state index >= 15 is 0 Å². The molecule has 61 heavy (non-hydrogen) atoms. The lowest BCUT2D eigenvalue weighted by Crippen LogP contribution is -2.50. The molecule has 4 aromatic rings. The molecule has 0 bridgehead atoms. The second-order valence-corrected chi connectivity index (χ2v) is 16.9. The normalized spacial score (nSPS) is 14.1. The highest BCUT2D eigenvalue weighted by Gasteiger charge is 2.33. The first-order chi connectivity index (χ1) is 29.2. The summed E-state index contributed by atoms with van der Waals surface area (Å²) in [5, 5.41) is 20.1. The molecule has 12 heteroatoms. The summed E-state index contributed by atoms with van der Waals surface area (Å²) in [4.78, 5) is 67.2. The number of ether oxygens (including phenoxy) is 3. The van der Waals surface area contributed by atoms with Crippen molar-refractivity contribution in [2.24, 2.45) is 11.8 Å². The monoisotopic (exact) mass is 833 g/mol. The van der Waals surface area contributed by atoms with Crippen molar-refractivity contribution >= 4 is 29.8 Å². The number of carbonyl (C=O) groups excluding carboxylic acids is 5. The lowest BCUT2D eigenvalue weighted by molar-refractivity contribution is -0.155. The highest BCUT2D eigenvalue weighted by molar-refractivity contribution is 5.88. The number of aliphatic hydroxyl groups excluding tert-OH is 1. The van der Waals surface area contributed by atoms with Crippen molar-refractivity contribution in [2.45, 2.75) is 103 Å². The zero-order valence-corrected chi connectivity index (χ0v) is 35.7. The van der Waals surface area contributed by atoms with E-state index < -0.39 is 60.1 Å². The van der Waals surface area contributed by atoms with Crippen LogP contribution in [-0.2, 0) is 46.4 Å². The Morgan fingerprint density at radius 1 is 0.738 bits per heavy atom. The molecule has 0 saturated carbocycles. The Labute approximate surface area is 358 Å². The lowest BCUT2D eigenvalue weighted by atomic mass is 9.89. The van der Waals surface area contributed by atoms with E-state index in [0.29, 0.717) is 12.1 Å². The van der Waals surface area contributed by atoms with Gasteiger partial charge in [-0.05, 0) is 79.3 Å². The third-order valence-electron chi connectivity index (χ3n) is 10.3. The first kappa shape index (κ1) is 46.1. The molecule has 0 fully saturated rings. The molecule has 3 amide bonds. The van der Waals surface area contributed by atoms with Crippen LogP contribution in [0, 0.1) is 11.8 Å². The Kier molecular flexibility index (Phi) is 16.6. The van der Waals surface area contributed by atoms with Crippen molar-refractivity contribution < 1.29 is 43.3 Å². The summed E-state index contributed by atoms with van der Waals surface area (Å²) < 4.78 is 16.8. The molecule has 1 aliphatic carbocycles. The molecule has 0 aromatic heterocycles. The number of nitrogens with one attached hydrogen (secondary N) is 3. The van der Waals surface area contributed by atoms with Gasteiger partial charge >= 0.3 is 18.0 Å². The van der Waals surface area contributed by atoms with Gasteiger partial charge in [0.05, 0.1) is 18.6 Å². The van der Waals surface area contributed by atoms with Gasteiger partial charge in [0.2, 0.25) is 11.8 Å². The third kappa shape index (κ3) is 14.3. The van der Waals surface area contributed by atoms with E-state index in [-0.39, 0.29) is 56.6 Å². The molecule has 0 spiro atoms. The predicted octanol–water partition coefficient (Wildman–Crippen LogP) is 7.02. The minimum absolute atomic E-state index is 0.0109. The van der Waals surface area contributed by atoms with E-state index in [1.807, 2.05) is 98.8 Å². The van der Waals surface area contributed by atoms with E-state index in [1.54, 1.807) is 45.0 Å². The van der Waals surface area contributed by atoms with Crippen LogP contribution in [-0.4, -0.2) is 71.9 Å². The predicted molar refractivity (Wildman–Crippen MR) is 232 cm³/mol. The number of amides is 3. The maximum absolute atomic E-state index is 13.9. The van der Waals surface area contributed by atoms with Crippen LogP contribution < -0.4 is 16.0 Å². The Morgan fingerprint density at radius 3 is 1.90 bits per heavy atom. The van der Waals surface area contributed by atoms with Gasteiger partial charge in [-0.15, -0.1) is 0 Å². The molecule has 5 rings (SSSR count). The van der Waals surface area contributed by atoms with Crippen LogP contribution in [0.3, 0.4) is 0 Å². The molecular weight excluding hydrogens is 775 g/mol. The molecule has 4 atom stereocenters. The van der Waals surface area contributed by atoms with Gasteiger partial charge in [0.15, 0.2) is 0 Å². The van der Waals surface area contributed by atoms with Crippen LogP contribution in [0.1, 0.15) is 88.5 Å². The topological polar surface area (TPSA) is 169 Å². The van der Waals surface area contributed by atoms with Crippen molar-refractivity contribution in [1.29, 1.82) is 0 Å². The first-order valence-corrected chi connectivity index (χ1v) is 21.0. The van der Waals surface area contributed by atoms with Gasteiger partial charge in [-0.25, -0.2) is 9.59 Å². The number of rotatable bonds is 20. The summed E-state index contributed by atoms with van der Waals surface area (Å²) in [7, 11) is 0. The quantitative estimate of drug-likeness (QED) is 0.0541. The number of alkyl carbamates (subject to hydrolysis) is 1. The zero-order chi connectivity index (χ0) is 43.9. The van der Waals surface area contributed by atoms with Crippen molar-refractivity contribution in [3.05, 3.63) is 131 Å². The molecule has 4 N–H and O–H groups in total. The maximum atomic E-state index is 13.9. The molecule has 1 aliphatic rings. The minimum Gasteiger partial charge on any atom is -0.460 e. The Balaban J connectivity index is 1.31. The van der Waals surface area contributed by atoms with E-state index in [9.17, 15) is 29.1 Å². The summed E-state index contributed by atoms with van der Waals surface area (Å²) in [5.41, 5.74) is 4.96. The molecular formula is C49H59N3O9. The molecule has 0 heterocycles. The highest BCUT2D eigenvalue weighted by Crippen LogP contribution is 2.44. The molecule has 12 nitrogen and oxygen atoms in total. The Morgan fingerprint density at radius 2 is 1.31 bits per heavy atom. The second-order valence-electron chi connectivity index (χ2n) is 16.9. The second kappa shape index (κ2) is 22.0. The lowest BCUT2D eigenvalue weighted by Gasteiger charge is -2.28. The van der Waals surface area contributed by atoms with Crippen LogP contribution in [0.5, 0.6) is 0 Å². The number of hydrogen-bond donors (Lipinski definition) is 4. The van der Waals surface area contributed by atoms with Crippen molar-refractivity contribution in [3.8, 4) is 11.1 Å². The standard InChI is InChI=1S/C49H59N3O9/c1-32(2)29-50-46(56)35(24-25-45(55)61-49(3,4)5)27-43(53)41(26-33-16-8-6-9-17-33)51-44(54)28-42(47(57)59-30-34-18-10-7-11-19-34)52-48(58)60-31-40-38-22-14-12-20-36(38)37-21-13-15-23-39(37)40/h6-23,32,35,40-43,53H,24-31H2,1-5H3,(H,50,56)(H,51,54)(H,52,58)/t35-,41+,42+,43+/m1/s1. The van der Waals surface area contributed by atoms with Crippen molar-refractivity contribution in [3.63, 3.8) is 0 Å². The summed E-state index contributed by atoms with van der Waals surface area (Å²) >= 11 is 0. The number of aliphatic hydroxyl groups is 1. The van der Waals surface area contributed by atoms with Gasteiger partial charge in [0, 0.05) is 24.8 Å². The number of benzene rings is 4. The van der Waals surface area contributed by atoms with E-state index in [2.05, 4.69) is 16.0 Å². The van der Waals surface area contributed by atoms with Gasteiger partial charge in [0.25, 0.3) is 0 Å². The molecule has 0 unspecified atom stereocenters. The highest BCUT2D eigenvalue weighted by atomic mass is 16.6. The molecule has 0 saturated heterocycles. The fourth-order valence-electron chi connectivity index (χ4n) is 7.35. The van der Waals surface area contributed by atoms with Crippen molar-refractivity contribution in [2.75, 3.05) is 13.2 Å². The Bertz CT molecular complexity index is 2040. The van der Waals surface area contributed by atoms with Crippen LogP contribution in [0.4, 0.5) is 4.79 Å². The van der Waals surface area contributed by atoms with Gasteiger partial charge in [-0.1, -0.05) is 123 Å². The third-order valence-corrected chi connectivity index (χ3v) is 10.3. The zero-order valence-electron chi connectivity index (χ0n) is 35.7. The van der Waals surface area contributed by atoms with Gasteiger partial charge < -0.3 is 35.3 Å². The summed E-state index contributed by atoms with van der Waals surface area (Å²) in [6, 6.07) is 31.7. The molecule has 0 radical (unpaired) electrons. The summed E-state index contributed by atoms with van der Waals surface area (Å²) in [5.74, 6) is -3.15. The fraction of sp³-hybridized carbons (Fsp3) is 0.408. The van der Waals surface area contributed by atoms with Gasteiger partial charge in [0.1, 0.15) is 24.9 Å². The number of fused-ring (bicyclic) bond motifs is 3. The van der Waals surface area contributed by atoms with E-state index in [4.69, 9.17) is 14.2 Å². The van der Waals surface area contributed by atoms with Crippen LogP contribution in [0.15, 0.2) is 109 Å². The Hall–Kier alpha value is -6.01. The van der Waals surface area contributed by atoms with Gasteiger partial charge in [-0.2, -0.15) is 0 Å². The SMILES string of the molecule is CC(C)CNC(=O)[C@H](CCC(=O)OC(C)(C)C)C[C@H](O)[C@H](Cc1ccccc1)NC(=O)C[C@H](NC(=O)OCC1c2ccccc2-c2ccccc21)C(=O)OCc1ccccc1. The molecule has 0 aliphatic heterocycles. The number of hydrogen-bond acceptors (Lipinski definition) is 9. The van der Waals surface area contributed by atoms with Crippen LogP contribution in [0.2, 0.25) is 0 Å². The van der Waals surface area contributed by atoms with E-state index in [1.165, 1.54) is 0 Å². The number of carbonyl (C=O) groups is 5. The largest absolute Gasteiger partial charge is 0.460 e. The molecule has 4 aromatic carbocycles. The van der Waals surface area contributed by atoms with Crippen LogP contribution in [0.25, 0.3) is 11.1 Å². The fourth-order valence-corrected chi connectivity index (χ4v) is 7.35. The van der Waals surface area contributed by atoms with Crippen LogP contribution >= 0.6 is 0 Å².